The molecule has 12 heteroatoms. The first-order valence-corrected chi connectivity index (χ1v) is 9.33. The second kappa shape index (κ2) is 9.31. The molecule has 1 saturated carbocycles. The van der Waals surface area contributed by atoms with E-state index in [0.717, 1.165) is 12.1 Å². The van der Waals surface area contributed by atoms with Gasteiger partial charge in [-0.05, 0) is 43.5 Å². The Morgan fingerprint density at radius 2 is 1.61 bits per heavy atom. The normalized spacial score (nSPS) is 23.1. The van der Waals surface area contributed by atoms with Crippen molar-refractivity contribution in [1.82, 2.24) is 0 Å². The summed E-state index contributed by atoms with van der Waals surface area (Å²) < 4.78 is 109. The zero-order valence-electron chi connectivity index (χ0n) is 14.3. The molecule has 0 radical (unpaired) electrons. The lowest BCUT2D eigenvalue weighted by molar-refractivity contribution is -0.274. The first-order chi connectivity index (χ1) is 12.9. The smallest absolute Gasteiger partial charge is 0.490 e. The third-order valence-electron chi connectivity index (χ3n) is 4.21. The molecule has 1 aliphatic rings. The molecule has 1 N–H and O–H groups in total. The Morgan fingerprint density at radius 1 is 1.04 bits per heavy atom. The Labute approximate surface area is 159 Å². The summed E-state index contributed by atoms with van der Waals surface area (Å²) >= 11 is -2.88. The zero-order chi connectivity index (χ0) is 20.9. The van der Waals surface area contributed by atoms with Crippen LogP contribution in [-0.2, 0) is 15.5 Å². The second-order valence-electron chi connectivity index (χ2n) is 6.29. The molecule has 0 heterocycles. The highest BCUT2D eigenvalue weighted by Gasteiger charge is 2.42. The van der Waals surface area contributed by atoms with Gasteiger partial charge in [0.25, 0.3) is 0 Å². The molecule has 28 heavy (non-hydrogen) atoms. The highest BCUT2D eigenvalue weighted by atomic mass is 32.2. The van der Waals surface area contributed by atoms with E-state index in [9.17, 15) is 30.6 Å². The lowest BCUT2D eigenvalue weighted by atomic mass is 9.81. The summed E-state index contributed by atoms with van der Waals surface area (Å²) in [5.41, 5.74) is 0. The fourth-order valence-electron chi connectivity index (χ4n) is 3.18. The van der Waals surface area contributed by atoms with Gasteiger partial charge in [-0.15, -0.1) is 13.2 Å². The largest absolute Gasteiger partial charge is 0.573 e. The van der Waals surface area contributed by atoms with Gasteiger partial charge in [-0.2, -0.15) is 17.4 Å². The molecule has 1 aromatic rings. The molecule has 0 amide bonds. The number of hydrogen-bond acceptors (Lipinski definition) is 4. The lowest BCUT2D eigenvalue weighted by Crippen LogP contribution is -2.42. The van der Waals surface area contributed by atoms with Crippen LogP contribution in [0.4, 0.5) is 26.3 Å². The Balaban J connectivity index is 2.11. The maximum atomic E-state index is 12.8. The summed E-state index contributed by atoms with van der Waals surface area (Å²) in [6.45, 7) is 0. The van der Waals surface area contributed by atoms with Crippen molar-refractivity contribution in [2.75, 3.05) is 0 Å². The zero-order valence-corrected chi connectivity index (χ0v) is 15.1. The fourth-order valence-corrected chi connectivity index (χ4v) is 3.60. The predicted octanol–water partition coefficient (Wildman–Crippen LogP) is 5.00. The minimum absolute atomic E-state index is 0.141. The topological polar surface area (TPSA) is 65.0 Å². The molecule has 1 aromatic carbocycles. The average molecular weight is 436 g/mol. The van der Waals surface area contributed by atoms with E-state index in [1.807, 2.05) is 0 Å². The number of rotatable bonds is 7. The number of hydrogen-bond donors (Lipinski definition) is 1. The summed E-state index contributed by atoms with van der Waals surface area (Å²) in [7, 11) is 0. The molecule has 160 valence electrons. The molecule has 0 bridgehead atoms. The molecule has 2 rings (SSSR count). The average Bonchev–Trinajstić information content (AvgIpc) is 2.53. The molecule has 0 spiro atoms. The van der Waals surface area contributed by atoms with Gasteiger partial charge in [0.15, 0.2) is 0 Å². The van der Waals surface area contributed by atoms with Crippen LogP contribution in [0.1, 0.15) is 32.1 Å². The van der Waals surface area contributed by atoms with Crippen LogP contribution in [0.3, 0.4) is 0 Å². The number of benzene rings is 1. The monoisotopic (exact) mass is 436 g/mol. The van der Waals surface area contributed by atoms with Crippen LogP contribution in [0.15, 0.2) is 24.3 Å². The van der Waals surface area contributed by atoms with Crippen LogP contribution >= 0.6 is 0 Å². The van der Waals surface area contributed by atoms with Gasteiger partial charge in [0.05, 0.1) is 12.5 Å². The first-order valence-electron chi connectivity index (χ1n) is 8.30. The highest BCUT2D eigenvalue weighted by Crippen LogP contribution is 2.37. The van der Waals surface area contributed by atoms with Gasteiger partial charge in [-0.1, -0.05) is 6.42 Å². The minimum Gasteiger partial charge on any atom is -0.490 e. The quantitative estimate of drug-likeness (QED) is 0.482. The molecule has 1 aliphatic carbocycles. The molecule has 1 fully saturated rings. The van der Waals surface area contributed by atoms with Gasteiger partial charge >= 0.3 is 23.9 Å². The minimum atomic E-state index is -4.85. The molecular formula is C16H18F6O5S. The maximum absolute atomic E-state index is 12.8. The Hall–Kier alpha value is -1.53. The number of alkyl halides is 6. The van der Waals surface area contributed by atoms with Gasteiger partial charge in [0.1, 0.15) is 17.6 Å². The van der Waals surface area contributed by atoms with Gasteiger partial charge in [-0.3, -0.25) is 8.74 Å². The summed E-state index contributed by atoms with van der Waals surface area (Å²) in [4.78, 5) is 0. The standard InChI is InChI=1S/C16H18F6O5S/c17-15(18,19)9-14(27-28(23)24)12-3-1-2-4-13(12)25-10-5-7-11(8-6-10)26-16(20,21)22/h5-8,12-14H,1-4,9H2,(H,23,24)/t12-,13-,14-/m0/s1. The van der Waals surface area contributed by atoms with Crippen molar-refractivity contribution in [1.29, 1.82) is 0 Å². The third kappa shape index (κ3) is 7.84. The van der Waals surface area contributed by atoms with E-state index in [2.05, 4.69) is 8.92 Å². The van der Waals surface area contributed by atoms with Crippen LogP contribution in [0, 0.1) is 5.92 Å². The summed E-state index contributed by atoms with van der Waals surface area (Å²) in [6, 6.07) is 4.45. The van der Waals surface area contributed by atoms with E-state index in [0.29, 0.717) is 19.3 Å². The Kier molecular flexibility index (Phi) is 7.57. The Morgan fingerprint density at radius 3 is 2.14 bits per heavy atom. The molecule has 0 aromatic heterocycles. The molecule has 1 unspecified atom stereocenters. The van der Waals surface area contributed by atoms with Crippen LogP contribution in [-0.4, -0.2) is 33.5 Å². The molecule has 4 atom stereocenters. The summed E-state index contributed by atoms with van der Waals surface area (Å²) in [6.07, 6.45) is -11.3. The van der Waals surface area contributed by atoms with Gasteiger partial charge in [-0.25, -0.2) is 0 Å². The van der Waals surface area contributed by atoms with E-state index in [1.165, 1.54) is 12.1 Å². The summed E-state index contributed by atoms with van der Waals surface area (Å²) in [5.74, 6) is -1.13. The Bertz CT molecular complexity index is 648. The number of halogens is 6. The molecule has 0 saturated heterocycles. The van der Waals surface area contributed by atoms with Crippen LogP contribution in [0.2, 0.25) is 0 Å². The van der Waals surface area contributed by atoms with Crippen molar-refractivity contribution in [3.8, 4) is 11.5 Å². The van der Waals surface area contributed by atoms with Gasteiger partial charge < -0.3 is 9.47 Å². The second-order valence-corrected chi connectivity index (χ2v) is 6.92. The van der Waals surface area contributed by atoms with E-state index in [1.54, 1.807) is 0 Å². The predicted molar refractivity (Wildman–Crippen MR) is 85.8 cm³/mol. The third-order valence-corrected chi connectivity index (χ3v) is 4.63. The van der Waals surface area contributed by atoms with E-state index in [4.69, 9.17) is 9.29 Å². The van der Waals surface area contributed by atoms with Crippen molar-refractivity contribution < 1.29 is 48.8 Å². The van der Waals surface area contributed by atoms with Crippen LogP contribution < -0.4 is 9.47 Å². The maximum Gasteiger partial charge on any atom is 0.573 e. The SMILES string of the molecule is O=S(O)O[C@@H](CC(F)(F)F)[C@H]1CCCC[C@@H]1Oc1ccc(OC(F)(F)F)cc1. The van der Waals surface area contributed by atoms with Crippen molar-refractivity contribution in [3.05, 3.63) is 24.3 Å². The van der Waals surface area contributed by atoms with Crippen molar-refractivity contribution in [3.63, 3.8) is 0 Å². The van der Waals surface area contributed by atoms with Crippen molar-refractivity contribution in [2.45, 2.75) is 56.9 Å². The van der Waals surface area contributed by atoms with Crippen LogP contribution in [0.5, 0.6) is 11.5 Å². The van der Waals surface area contributed by atoms with E-state index in [-0.39, 0.29) is 12.2 Å². The van der Waals surface area contributed by atoms with E-state index < -0.39 is 54.2 Å². The number of ether oxygens (including phenoxy) is 2. The first kappa shape index (κ1) is 22.8. The highest BCUT2D eigenvalue weighted by molar-refractivity contribution is 7.74. The molecule has 5 nitrogen and oxygen atoms in total. The van der Waals surface area contributed by atoms with Gasteiger partial charge in [0, 0.05) is 5.92 Å². The van der Waals surface area contributed by atoms with Gasteiger partial charge in [0.2, 0.25) is 0 Å². The summed E-state index contributed by atoms with van der Waals surface area (Å²) in [5, 5.41) is 0. The van der Waals surface area contributed by atoms with E-state index >= 15 is 0 Å². The lowest BCUT2D eigenvalue weighted by Gasteiger charge is -2.36. The molecule has 0 aliphatic heterocycles. The fraction of sp³-hybridized carbons (Fsp3) is 0.625. The van der Waals surface area contributed by atoms with Crippen molar-refractivity contribution in [2.24, 2.45) is 5.92 Å². The van der Waals surface area contributed by atoms with Crippen molar-refractivity contribution >= 4 is 11.4 Å². The van der Waals surface area contributed by atoms with Crippen LogP contribution in [0.25, 0.3) is 0 Å². The molecular weight excluding hydrogens is 418 g/mol.